The Morgan fingerprint density at radius 2 is 2.10 bits per heavy atom. The van der Waals surface area contributed by atoms with Crippen molar-refractivity contribution in [3.05, 3.63) is 57.5 Å². The van der Waals surface area contributed by atoms with Gasteiger partial charge in [0.25, 0.3) is 0 Å². The molecule has 1 nitrogen and oxygen atoms in total. The quantitative estimate of drug-likeness (QED) is 0.799. The molecule has 20 heavy (non-hydrogen) atoms. The van der Waals surface area contributed by atoms with Gasteiger partial charge < -0.3 is 5.32 Å². The number of rotatable bonds is 7. The molecule has 0 spiro atoms. The summed E-state index contributed by atoms with van der Waals surface area (Å²) in [6.07, 6.45) is 3.10. The topological polar surface area (TPSA) is 12.0 Å². The molecule has 0 saturated carbocycles. The largest absolute Gasteiger partial charge is 0.313 e. The summed E-state index contributed by atoms with van der Waals surface area (Å²) in [6.45, 7) is 5.19. The predicted octanol–water partition coefficient (Wildman–Crippen LogP) is 4.35. The summed E-state index contributed by atoms with van der Waals surface area (Å²) in [6, 6.07) is 7.69. The van der Waals surface area contributed by atoms with Crippen LogP contribution >= 0.6 is 11.3 Å². The lowest BCUT2D eigenvalue weighted by molar-refractivity contribution is 0.504. The Kier molecular flexibility index (Phi) is 5.74. The van der Waals surface area contributed by atoms with E-state index in [4.69, 9.17) is 0 Å². The molecule has 0 bridgehead atoms. The van der Waals surface area contributed by atoms with Gasteiger partial charge in [0.1, 0.15) is 5.82 Å². The summed E-state index contributed by atoms with van der Waals surface area (Å²) in [5.41, 5.74) is 3.65. The summed E-state index contributed by atoms with van der Waals surface area (Å²) < 4.78 is 13.2. The molecule has 1 aromatic heterocycles. The first kappa shape index (κ1) is 15.2. The SMILES string of the molecule is CCCNC(Cc1ccsc1)Cc1ccc(F)cc1C. The van der Waals surface area contributed by atoms with Gasteiger partial charge in [-0.1, -0.05) is 13.0 Å². The van der Waals surface area contributed by atoms with Gasteiger partial charge in [-0.15, -0.1) is 0 Å². The molecule has 0 fully saturated rings. The van der Waals surface area contributed by atoms with Crippen molar-refractivity contribution in [3.63, 3.8) is 0 Å². The fourth-order valence-corrected chi connectivity index (χ4v) is 3.09. The van der Waals surface area contributed by atoms with Crippen LogP contribution in [0.5, 0.6) is 0 Å². The van der Waals surface area contributed by atoms with E-state index in [0.717, 1.165) is 31.4 Å². The molecule has 1 atom stereocenters. The molecule has 0 aliphatic rings. The number of thiophene rings is 1. The van der Waals surface area contributed by atoms with Crippen LogP contribution in [-0.2, 0) is 12.8 Å². The van der Waals surface area contributed by atoms with Crippen LogP contribution in [0.15, 0.2) is 35.0 Å². The molecule has 1 aromatic carbocycles. The summed E-state index contributed by atoms with van der Waals surface area (Å²) in [5, 5.41) is 7.94. The van der Waals surface area contributed by atoms with E-state index in [-0.39, 0.29) is 5.82 Å². The van der Waals surface area contributed by atoms with Crippen LogP contribution in [0.2, 0.25) is 0 Å². The lowest BCUT2D eigenvalue weighted by atomic mass is 9.97. The molecule has 1 unspecified atom stereocenters. The van der Waals surface area contributed by atoms with Gasteiger partial charge in [-0.2, -0.15) is 11.3 Å². The Morgan fingerprint density at radius 1 is 1.25 bits per heavy atom. The smallest absolute Gasteiger partial charge is 0.123 e. The highest BCUT2D eigenvalue weighted by Crippen LogP contribution is 2.16. The third kappa shape index (κ3) is 4.43. The van der Waals surface area contributed by atoms with Crippen LogP contribution in [0.1, 0.15) is 30.0 Å². The second-order valence-electron chi connectivity index (χ2n) is 5.26. The van der Waals surface area contributed by atoms with Crippen molar-refractivity contribution < 1.29 is 4.39 Å². The first-order valence-electron chi connectivity index (χ1n) is 7.18. The fourth-order valence-electron chi connectivity index (χ4n) is 2.41. The number of hydrogen-bond acceptors (Lipinski definition) is 2. The van der Waals surface area contributed by atoms with E-state index in [2.05, 4.69) is 29.1 Å². The number of aryl methyl sites for hydroxylation is 1. The molecule has 2 rings (SSSR count). The Labute approximate surface area is 124 Å². The summed E-state index contributed by atoms with van der Waals surface area (Å²) in [4.78, 5) is 0. The second kappa shape index (κ2) is 7.55. The lowest BCUT2D eigenvalue weighted by Gasteiger charge is -2.19. The highest BCUT2D eigenvalue weighted by atomic mass is 32.1. The van der Waals surface area contributed by atoms with Crippen LogP contribution in [0, 0.1) is 12.7 Å². The van der Waals surface area contributed by atoms with Crippen molar-refractivity contribution in [2.75, 3.05) is 6.54 Å². The van der Waals surface area contributed by atoms with Crippen LogP contribution in [0.25, 0.3) is 0 Å². The van der Waals surface area contributed by atoms with Crippen molar-refractivity contribution in [2.45, 2.75) is 39.2 Å². The zero-order valence-electron chi connectivity index (χ0n) is 12.2. The summed E-state index contributed by atoms with van der Waals surface area (Å²) >= 11 is 1.74. The minimum atomic E-state index is -0.151. The van der Waals surface area contributed by atoms with Crippen molar-refractivity contribution in [1.29, 1.82) is 0 Å². The first-order chi connectivity index (χ1) is 9.69. The average Bonchev–Trinajstić information content (AvgIpc) is 2.92. The van der Waals surface area contributed by atoms with E-state index in [0.29, 0.717) is 6.04 Å². The molecule has 0 saturated heterocycles. The molecular formula is C17H22FNS. The molecule has 108 valence electrons. The predicted molar refractivity (Wildman–Crippen MR) is 84.9 cm³/mol. The highest BCUT2D eigenvalue weighted by molar-refractivity contribution is 7.07. The standard InChI is InChI=1S/C17H22FNS/c1-3-7-19-17(10-14-6-8-20-12-14)11-15-4-5-16(18)9-13(15)2/h4-6,8-9,12,17,19H,3,7,10-11H2,1-2H3. The third-order valence-electron chi connectivity index (χ3n) is 3.52. The summed E-state index contributed by atoms with van der Waals surface area (Å²) in [7, 11) is 0. The molecule has 1 heterocycles. The minimum absolute atomic E-state index is 0.151. The average molecular weight is 291 g/mol. The van der Waals surface area contributed by atoms with Gasteiger partial charge in [-0.3, -0.25) is 0 Å². The van der Waals surface area contributed by atoms with Gasteiger partial charge >= 0.3 is 0 Å². The van der Waals surface area contributed by atoms with Crippen LogP contribution in [0.4, 0.5) is 4.39 Å². The van der Waals surface area contributed by atoms with Gasteiger partial charge in [-0.25, -0.2) is 4.39 Å². The third-order valence-corrected chi connectivity index (χ3v) is 4.25. The number of nitrogens with one attached hydrogen (secondary N) is 1. The molecule has 0 aliphatic carbocycles. The Hall–Kier alpha value is -1.19. The molecule has 0 amide bonds. The molecule has 0 aliphatic heterocycles. The molecule has 2 aromatic rings. The maximum atomic E-state index is 13.2. The maximum Gasteiger partial charge on any atom is 0.123 e. The fraction of sp³-hybridized carbons (Fsp3) is 0.412. The van der Waals surface area contributed by atoms with E-state index >= 15 is 0 Å². The molecule has 3 heteroatoms. The first-order valence-corrected chi connectivity index (χ1v) is 8.12. The van der Waals surface area contributed by atoms with E-state index in [1.807, 2.05) is 13.0 Å². The van der Waals surface area contributed by atoms with E-state index in [1.165, 1.54) is 11.1 Å². The second-order valence-corrected chi connectivity index (χ2v) is 6.04. The van der Waals surface area contributed by atoms with Crippen molar-refractivity contribution >= 4 is 11.3 Å². The molecular weight excluding hydrogens is 269 g/mol. The van der Waals surface area contributed by atoms with Gasteiger partial charge in [0.15, 0.2) is 0 Å². The number of benzene rings is 1. The van der Waals surface area contributed by atoms with Gasteiger partial charge in [-0.05, 0) is 78.4 Å². The summed E-state index contributed by atoms with van der Waals surface area (Å²) in [5.74, 6) is -0.151. The van der Waals surface area contributed by atoms with Crippen molar-refractivity contribution in [1.82, 2.24) is 5.32 Å². The highest BCUT2D eigenvalue weighted by Gasteiger charge is 2.12. The zero-order chi connectivity index (χ0) is 14.4. The van der Waals surface area contributed by atoms with E-state index in [1.54, 1.807) is 23.5 Å². The van der Waals surface area contributed by atoms with Crippen molar-refractivity contribution in [3.8, 4) is 0 Å². The number of hydrogen-bond donors (Lipinski definition) is 1. The van der Waals surface area contributed by atoms with Gasteiger partial charge in [0.2, 0.25) is 0 Å². The van der Waals surface area contributed by atoms with Gasteiger partial charge in [0, 0.05) is 6.04 Å². The number of halogens is 1. The van der Waals surface area contributed by atoms with E-state index in [9.17, 15) is 4.39 Å². The molecule has 0 radical (unpaired) electrons. The Morgan fingerprint density at radius 3 is 2.75 bits per heavy atom. The zero-order valence-corrected chi connectivity index (χ0v) is 13.0. The minimum Gasteiger partial charge on any atom is -0.313 e. The maximum absolute atomic E-state index is 13.2. The van der Waals surface area contributed by atoms with Gasteiger partial charge in [0.05, 0.1) is 0 Å². The van der Waals surface area contributed by atoms with E-state index < -0.39 is 0 Å². The Bertz CT molecular complexity index is 522. The van der Waals surface area contributed by atoms with Crippen LogP contribution in [-0.4, -0.2) is 12.6 Å². The Balaban J connectivity index is 2.06. The van der Waals surface area contributed by atoms with Crippen LogP contribution < -0.4 is 5.32 Å². The van der Waals surface area contributed by atoms with Crippen LogP contribution in [0.3, 0.4) is 0 Å². The lowest BCUT2D eigenvalue weighted by Crippen LogP contribution is -2.33. The normalized spacial score (nSPS) is 12.6. The molecule has 1 N–H and O–H groups in total. The van der Waals surface area contributed by atoms with Crippen molar-refractivity contribution in [2.24, 2.45) is 0 Å². The monoisotopic (exact) mass is 291 g/mol.